The highest BCUT2D eigenvalue weighted by atomic mass is 32.1. The zero-order valence-corrected chi connectivity index (χ0v) is 18.3. The number of Topliss-reactive ketones (excluding diaryl/α,β-unsaturated/α-hetero) is 1. The van der Waals surface area contributed by atoms with E-state index >= 15 is 0 Å². The Morgan fingerprint density at radius 3 is 2.55 bits per heavy atom. The predicted octanol–water partition coefficient (Wildman–Crippen LogP) is 5.74. The van der Waals surface area contributed by atoms with E-state index < -0.39 is 0 Å². The number of methoxy groups -OCH3 is 2. The van der Waals surface area contributed by atoms with Gasteiger partial charge in [-0.3, -0.25) is 4.79 Å². The molecule has 0 bridgehead atoms. The summed E-state index contributed by atoms with van der Waals surface area (Å²) in [6.07, 6.45) is 1.31. The molecule has 5 nitrogen and oxygen atoms in total. The van der Waals surface area contributed by atoms with Gasteiger partial charge >= 0.3 is 0 Å². The minimum atomic E-state index is -0.316. The van der Waals surface area contributed by atoms with Gasteiger partial charge in [0.15, 0.2) is 5.78 Å². The van der Waals surface area contributed by atoms with Gasteiger partial charge in [-0.15, -0.1) is 11.3 Å². The Morgan fingerprint density at radius 2 is 1.81 bits per heavy atom. The van der Waals surface area contributed by atoms with Crippen LogP contribution in [0.1, 0.15) is 35.2 Å². The summed E-state index contributed by atoms with van der Waals surface area (Å²) >= 11 is 1.72. The summed E-state index contributed by atoms with van der Waals surface area (Å²) in [6, 6.07) is 17.7. The first-order chi connectivity index (χ1) is 15.2. The molecule has 1 aromatic heterocycles. The average Bonchev–Trinajstić information content (AvgIpc) is 3.28. The van der Waals surface area contributed by atoms with E-state index in [4.69, 9.17) is 9.47 Å². The molecule has 2 aromatic carbocycles. The number of hydrogen-bond acceptors (Lipinski definition) is 6. The summed E-state index contributed by atoms with van der Waals surface area (Å²) in [7, 11) is 3.28. The minimum absolute atomic E-state index is 0.162. The van der Waals surface area contributed by atoms with Crippen LogP contribution in [0.3, 0.4) is 0 Å². The summed E-state index contributed by atoms with van der Waals surface area (Å²) in [5.41, 5.74) is 4.62. The Bertz CT molecular complexity index is 1150. The Labute approximate surface area is 185 Å². The van der Waals surface area contributed by atoms with Crippen LogP contribution in [0.4, 0.5) is 11.4 Å². The van der Waals surface area contributed by atoms with Crippen LogP contribution in [0.2, 0.25) is 0 Å². The molecule has 0 radical (unpaired) electrons. The molecule has 0 fully saturated rings. The Morgan fingerprint density at radius 1 is 0.968 bits per heavy atom. The molecule has 0 spiro atoms. The molecule has 0 amide bonds. The monoisotopic (exact) mass is 432 g/mol. The lowest BCUT2D eigenvalue weighted by Gasteiger charge is -2.30. The molecule has 0 saturated carbocycles. The quantitative estimate of drug-likeness (QED) is 0.550. The van der Waals surface area contributed by atoms with E-state index in [0.29, 0.717) is 12.2 Å². The number of anilines is 2. The first-order valence-corrected chi connectivity index (χ1v) is 11.2. The highest BCUT2D eigenvalue weighted by Crippen LogP contribution is 2.46. The second kappa shape index (κ2) is 8.12. The molecule has 2 aliphatic rings. The summed E-state index contributed by atoms with van der Waals surface area (Å²) in [4.78, 5) is 14.8. The summed E-state index contributed by atoms with van der Waals surface area (Å²) in [6.45, 7) is 0. The van der Waals surface area contributed by atoms with Gasteiger partial charge in [-0.2, -0.15) is 0 Å². The van der Waals surface area contributed by atoms with Gasteiger partial charge in [0.2, 0.25) is 0 Å². The summed E-state index contributed by atoms with van der Waals surface area (Å²) in [5, 5.41) is 9.26. The minimum Gasteiger partial charge on any atom is -0.497 e. The zero-order chi connectivity index (χ0) is 21.4. The number of carbonyl (C=O) groups is 1. The van der Waals surface area contributed by atoms with Gasteiger partial charge < -0.3 is 20.1 Å². The van der Waals surface area contributed by atoms with Crippen LogP contribution in [0.15, 0.2) is 71.2 Å². The number of nitrogens with one attached hydrogen (secondary N) is 2. The van der Waals surface area contributed by atoms with Crippen molar-refractivity contribution in [3.05, 3.63) is 81.7 Å². The van der Waals surface area contributed by atoms with E-state index in [9.17, 15) is 4.79 Å². The lowest BCUT2D eigenvalue weighted by atomic mass is 9.80. The van der Waals surface area contributed by atoms with Crippen LogP contribution in [0.5, 0.6) is 11.5 Å². The van der Waals surface area contributed by atoms with E-state index in [0.717, 1.165) is 40.4 Å². The van der Waals surface area contributed by atoms with Crippen LogP contribution >= 0.6 is 11.3 Å². The molecule has 2 heterocycles. The fourth-order valence-electron chi connectivity index (χ4n) is 4.51. The molecule has 1 aliphatic carbocycles. The average molecular weight is 433 g/mol. The fraction of sp³-hybridized carbons (Fsp3) is 0.240. The lowest BCUT2D eigenvalue weighted by Crippen LogP contribution is -2.26. The highest BCUT2D eigenvalue weighted by Gasteiger charge is 2.37. The maximum atomic E-state index is 13.5. The standard InChI is InChI=1S/C25H24N2O3S/c1-29-16-9-10-17(22(14-16)30-2)25-24-20(26-18-6-3-4-7-19(18)27-25)12-15(13-21(24)28)23-8-5-11-31-23/h3-11,14-15,25-27H,12-13H2,1-2H3/t15-,25-/m1/s1. The number of rotatable bonds is 4. The number of ether oxygens (including phenoxy) is 2. The Balaban J connectivity index is 1.65. The first-order valence-electron chi connectivity index (χ1n) is 10.3. The van der Waals surface area contributed by atoms with E-state index in [1.165, 1.54) is 4.88 Å². The van der Waals surface area contributed by atoms with Crippen LogP contribution in [-0.2, 0) is 4.79 Å². The van der Waals surface area contributed by atoms with Crippen molar-refractivity contribution in [2.45, 2.75) is 24.8 Å². The third-order valence-electron chi connectivity index (χ3n) is 6.01. The normalized spacial score (nSPS) is 20.1. The van der Waals surface area contributed by atoms with Gasteiger partial charge in [0.25, 0.3) is 0 Å². The van der Waals surface area contributed by atoms with Crippen molar-refractivity contribution in [2.75, 3.05) is 24.9 Å². The molecule has 6 heteroatoms. The molecule has 2 N–H and O–H groups in total. The van der Waals surface area contributed by atoms with E-state index in [1.807, 2.05) is 42.5 Å². The Hall–Kier alpha value is -3.25. The van der Waals surface area contributed by atoms with Crippen molar-refractivity contribution in [1.29, 1.82) is 0 Å². The van der Waals surface area contributed by atoms with E-state index in [2.05, 4.69) is 28.1 Å². The molecule has 0 unspecified atom stereocenters. The van der Waals surface area contributed by atoms with Gasteiger partial charge in [0.05, 0.1) is 31.6 Å². The number of thiophene rings is 1. The summed E-state index contributed by atoms with van der Waals surface area (Å²) in [5.74, 6) is 1.77. The highest BCUT2D eigenvalue weighted by molar-refractivity contribution is 7.10. The van der Waals surface area contributed by atoms with E-state index in [-0.39, 0.29) is 17.7 Å². The molecule has 5 rings (SSSR count). The Kier molecular flexibility index (Phi) is 5.16. The van der Waals surface area contributed by atoms with Crippen molar-refractivity contribution in [2.24, 2.45) is 0 Å². The fourth-order valence-corrected chi connectivity index (χ4v) is 5.34. The molecule has 2 atom stereocenters. The van der Waals surface area contributed by atoms with Gasteiger partial charge in [-0.1, -0.05) is 18.2 Å². The molecule has 158 valence electrons. The molecule has 31 heavy (non-hydrogen) atoms. The molecule has 1 aliphatic heterocycles. The maximum absolute atomic E-state index is 13.5. The number of hydrogen-bond donors (Lipinski definition) is 2. The largest absolute Gasteiger partial charge is 0.497 e. The third-order valence-corrected chi connectivity index (χ3v) is 7.04. The zero-order valence-electron chi connectivity index (χ0n) is 17.5. The first kappa shape index (κ1) is 19.7. The van der Waals surface area contributed by atoms with Crippen molar-refractivity contribution >= 4 is 28.5 Å². The smallest absolute Gasteiger partial charge is 0.163 e. The molecular formula is C25H24N2O3S. The number of allylic oxidation sites excluding steroid dienone is 1. The van der Waals surface area contributed by atoms with Crippen LogP contribution in [-0.4, -0.2) is 20.0 Å². The molecular weight excluding hydrogens is 408 g/mol. The van der Waals surface area contributed by atoms with Crippen LogP contribution in [0.25, 0.3) is 0 Å². The van der Waals surface area contributed by atoms with Crippen LogP contribution in [0, 0.1) is 0 Å². The van der Waals surface area contributed by atoms with Crippen molar-refractivity contribution in [3.8, 4) is 11.5 Å². The number of carbonyl (C=O) groups excluding carboxylic acids is 1. The maximum Gasteiger partial charge on any atom is 0.163 e. The number of fused-ring (bicyclic) bond motifs is 1. The number of ketones is 1. The van der Waals surface area contributed by atoms with E-state index in [1.54, 1.807) is 25.6 Å². The predicted molar refractivity (Wildman–Crippen MR) is 124 cm³/mol. The number of benzene rings is 2. The van der Waals surface area contributed by atoms with Gasteiger partial charge in [0, 0.05) is 40.1 Å². The SMILES string of the molecule is COc1ccc([C@H]2Nc3ccccc3NC3=C2C(=O)C[C@H](c2cccs2)C3)c(OC)c1. The van der Waals surface area contributed by atoms with Crippen molar-refractivity contribution in [3.63, 3.8) is 0 Å². The second-order valence-corrected chi connectivity index (χ2v) is 8.77. The lowest BCUT2D eigenvalue weighted by molar-refractivity contribution is -0.116. The second-order valence-electron chi connectivity index (χ2n) is 7.79. The van der Waals surface area contributed by atoms with Crippen LogP contribution < -0.4 is 20.1 Å². The van der Waals surface area contributed by atoms with Gasteiger partial charge in [-0.05, 0) is 42.1 Å². The topological polar surface area (TPSA) is 59.6 Å². The van der Waals surface area contributed by atoms with Crippen molar-refractivity contribution in [1.82, 2.24) is 0 Å². The third kappa shape index (κ3) is 3.57. The molecule has 3 aromatic rings. The number of para-hydroxylation sites is 2. The summed E-state index contributed by atoms with van der Waals surface area (Å²) < 4.78 is 11.1. The van der Waals surface area contributed by atoms with Gasteiger partial charge in [-0.25, -0.2) is 0 Å². The van der Waals surface area contributed by atoms with Crippen molar-refractivity contribution < 1.29 is 14.3 Å². The molecule has 0 saturated heterocycles. The van der Waals surface area contributed by atoms with Gasteiger partial charge in [0.1, 0.15) is 11.5 Å².